The van der Waals surface area contributed by atoms with Crippen molar-refractivity contribution in [2.24, 2.45) is 0 Å². The molecule has 1 aromatic rings. The van der Waals surface area contributed by atoms with Gasteiger partial charge >= 0.3 is 6.09 Å². The molecule has 16 heavy (non-hydrogen) atoms. The van der Waals surface area contributed by atoms with Crippen LogP contribution in [0.25, 0.3) is 0 Å². The summed E-state index contributed by atoms with van der Waals surface area (Å²) in [5, 5.41) is 2.79. The molecule has 0 saturated carbocycles. The summed E-state index contributed by atoms with van der Waals surface area (Å²) in [6.45, 7) is 0.710. The molecule has 0 unspecified atom stereocenters. The largest absolute Gasteiger partial charge is 0.453 e. The van der Waals surface area contributed by atoms with E-state index in [-0.39, 0.29) is 12.1 Å². The van der Waals surface area contributed by atoms with Gasteiger partial charge in [-0.2, -0.15) is 0 Å². The Balaban J connectivity index is 1.95. The molecular weight excluding hydrogens is 206 g/mol. The molecule has 4 heteroatoms. The standard InChI is InChI=1S/C12H15NO3/c1-15-12(14)13-10(11-8-16-11)7-9-5-3-2-4-6-9/h2-6,10-11H,7-8H2,1H3,(H,13,14)/t10-,11+/m0/s1. The number of ether oxygens (including phenoxy) is 2. The Kier molecular flexibility index (Phi) is 3.41. The van der Waals surface area contributed by atoms with Gasteiger partial charge in [0.25, 0.3) is 0 Å². The van der Waals surface area contributed by atoms with Gasteiger partial charge in [0, 0.05) is 0 Å². The van der Waals surface area contributed by atoms with Gasteiger partial charge in [-0.1, -0.05) is 30.3 Å². The van der Waals surface area contributed by atoms with Crippen LogP contribution in [0.4, 0.5) is 4.79 Å². The predicted molar refractivity (Wildman–Crippen MR) is 59.2 cm³/mol. The second-order valence-electron chi connectivity index (χ2n) is 3.80. The number of hydrogen-bond acceptors (Lipinski definition) is 3. The van der Waals surface area contributed by atoms with Gasteiger partial charge in [0.15, 0.2) is 0 Å². The minimum absolute atomic E-state index is 0.00477. The van der Waals surface area contributed by atoms with Gasteiger partial charge in [0.1, 0.15) is 6.10 Å². The highest BCUT2D eigenvalue weighted by atomic mass is 16.6. The lowest BCUT2D eigenvalue weighted by molar-refractivity contribution is 0.163. The lowest BCUT2D eigenvalue weighted by Crippen LogP contribution is -2.40. The minimum atomic E-state index is -0.406. The zero-order chi connectivity index (χ0) is 11.4. The van der Waals surface area contributed by atoms with E-state index in [1.807, 2.05) is 30.3 Å². The maximum absolute atomic E-state index is 11.2. The van der Waals surface area contributed by atoms with Gasteiger partial charge in [-0.3, -0.25) is 0 Å². The summed E-state index contributed by atoms with van der Waals surface area (Å²) in [4.78, 5) is 11.2. The fourth-order valence-corrected chi connectivity index (χ4v) is 1.64. The molecule has 1 aliphatic rings. The summed E-state index contributed by atoms with van der Waals surface area (Å²) in [5.74, 6) is 0. The van der Waals surface area contributed by atoms with Crippen LogP contribution in [0, 0.1) is 0 Å². The molecular formula is C12H15NO3. The number of epoxide rings is 1. The van der Waals surface area contributed by atoms with E-state index in [2.05, 4.69) is 10.1 Å². The van der Waals surface area contributed by atoms with Gasteiger partial charge in [-0.05, 0) is 12.0 Å². The third-order valence-electron chi connectivity index (χ3n) is 2.59. The van der Waals surface area contributed by atoms with Crippen LogP contribution in [-0.2, 0) is 15.9 Å². The van der Waals surface area contributed by atoms with E-state index in [1.54, 1.807) is 0 Å². The molecule has 1 amide bonds. The Bertz CT molecular complexity index is 349. The molecule has 0 aromatic heterocycles. The van der Waals surface area contributed by atoms with Crippen LogP contribution in [0.1, 0.15) is 5.56 Å². The maximum Gasteiger partial charge on any atom is 0.407 e. The number of methoxy groups -OCH3 is 1. The molecule has 1 N–H and O–H groups in total. The maximum atomic E-state index is 11.2. The van der Waals surface area contributed by atoms with Crippen molar-refractivity contribution in [2.45, 2.75) is 18.6 Å². The predicted octanol–water partition coefficient (Wildman–Crippen LogP) is 1.35. The average molecular weight is 221 g/mol. The van der Waals surface area contributed by atoms with Crippen molar-refractivity contribution < 1.29 is 14.3 Å². The summed E-state index contributed by atoms with van der Waals surface area (Å²) < 4.78 is 9.81. The van der Waals surface area contributed by atoms with Gasteiger partial charge in [-0.15, -0.1) is 0 Å². The molecule has 1 aliphatic heterocycles. The van der Waals surface area contributed by atoms with Crippen molar-refractivity contribution in [1.29, 1.82) is 0 Å². The molecule has 2 atom stereocenters. The van der Waals surface area contributed by atoms with Crippen LogP contribution >= 0.6 is 0 Å². The Morgan fingerprint density at radius 3 is 2.81 bits per heavy atom. The van der Waals surface area contributed by atoms with Gasteiger partial charge in [0.2, 0.25) is 0 Å². The number of hydrogen-bond donors (Lipinski definition) is 1. The van der Waals surface area contributed by atoms with Crippen molar-refractivity contribution in [1.82, 2.24) is 5.32 Å². The number of carbonyl (C=O) groups excluding carboxylic acids is 1. The first-order valence-corrected chi connectivity index (χ1v) is 5.29. The van der Waals surface area contributed by atoms with Gasteiger partial charge in [-0.25, -0.2) is 4.79 Å². The Hall–Kier alpha value is -1.55. The number of alkyl carbamates (subject to hydrolysis) is 1. The topological polar surface area (TPSA) is 50.9 Å². The van der Waals surface area contributed by atoms with E-state index in [0.29, 0.717) is 6.61 Å². The summed E-state index contributed by atoms with van der Waals surface area (Å²) in [5.41, 5.74) is 1.18. The van der Waals surface area contributed by atoms with Crippen LogP contribution in [-0.4, -0.2) is 32.0 Å². The molecule has 0 spiro atoms. The molecule has 1 aromatic carbocycles. The smallest absolute Gasteiger partial charge is 0.407 e. The monoisotopic (exact) mass is 221 g/mol. The normalized spacial score (nSPS) is 19.9. The number of amides is 1. The third-order valence-corrected chi connectivity index (χ3v) is 2.59. The second-order valence-corrected chi connectivity index (χ2v) is 3.80. The zero-order valence-corrected chi connectivity index (χ0v) is 9.18. The van der Waals surface area contributed by atoms with Crippen LogP contribution < -0.4 is 5.32 Å². The number of benzene rings is 1. The summed E-state index contributed by atoms with van der Waals surface area (Å²) in [6.07, 6.45) is 0.483. The van der Waals surface area contributed by atoms with E-state index >= 15 is 0 Å². The fourth-order valence-electron chi connectivity index (χ4n) is 1.64. The van der Waals surface area contributed by atoms with Crippen LogP contribution in [0.3, 0.4) is 0 Å². The molecule has 0 radical (unpaired) electrons. The van der Waals surface area contributed by atoms with E-state index in [0.717, 1.165) is 6.42 Å². The average Bonchev–Trinajstić information content (AvgIpc) is 3.13. The fraction of sp³-hybridized carbons (Fsp3) is 0.417. The molecule has 2 rings (SSSR count). The summed E-state index contributed by atoms with van der Waals surface area (Å²) in [7, 11) is 1.36. The molecule has 86 valence electrons. The molecule has 4 nitrogen and oxygen atoms in total. The van der Waals surface area contributed by atoms with Crippen LogP contribution in [0.15, 0.2) is 30.3 Å². The van der Waals surface area contributed by atoms with E-state index in [4.69, 9.17) is 4.74 Å². The molecule has 1 heterocycles. The Morgan fingerprint density at radius 1 is 1.56 bits per heavy atom. The first-order valence-electron chi connectivity index (χ1n) is 5.29. The highest BCUT2D eigenvalue weighted by Gasteiger charge is 2.34. The van der Waals surface area contributed by atoms with Crippen molar-refractivity contribution in [3.05, 3.63) is 35.9 Å². The lowest BCUT2D eigenvalue weighted by atomic mass is 10.0. The molecule has 1 fully saturated rings. The van der Waals surface area contributed by atoms with Crippen molar-refractivity contribution >= 4 is 6.09 Å². The van der Waals surface area contributed by atoms with Crippen LogP contribution in [0.2, 0.25) is 0 Å². The van der Waals surface area contributed by atoms with Crippen molar-refractivity contribution in [3.63, 3.8) is 0 Å². The quantitative estimate of drug-likeness (QED) is 0.781. The number of rotatable bonds is 4. The minimum Gasteiger partial charge on any atom is -0.453 e. The first-order chi connectivity index (χ1) is 7.79. The number of carbonyl (C=O) groups is 1. The van der Waals surface area contributed by atoms with E-state index in [9.17, 15) is 4.79 Å². The Labute approximate surface area is 94.6 Å². The van der Waals surface area contributed by atoms with Crippen LogP contribution in [0.5, 0.6) is 0 Å². The van der Waals surface area contributed by atoms with E-state index < -0.39 is 6.09 Å². The molecule has 0 aliphatic carbocycles. The highest BCUT2D eigenvalue weighted by molar-refractivity contribution is 5.67. The molecule has 0 bridgehead atoms. The second kappa shape index (κ2) is 4.99. The van der Waals surface area contributed by atoms with Gasteiger partial charge in [0.05, 0.1) is 19.8 Å². The highest BCUT2D eigenvalue weighted by Crippen LogP contribution is 2.18. The zero-order valence-electron chi connectivity index (χ0n) is 9.18. The lowest BCUT2D eigenvalue weighted by Gasteiger charge is -2.15. The number of nitrogens with one attached hydrogen (secondary N) is 1. The Morgan fingerprint density at radius 2 is 2.25 bits per heavy atom. The van der Waals surface area contributed by atoms with E-state index in [1.165, 1.54) is 12.7 Å². The summed E-state index contributed by atoms with van der Waals surface area (Å²) in [6, 6.07) is 10.0. The van der Waals surface area contributed by atoms with Gasteiger partial charge < -0.3 is 14.8 Å². The first kappa shape index (κ1) is 11.0. The SMILES string of the molecule is COC(=O)N[C@@H](Cc1ccccc1)[C@H]1CO1. The third kappa shape index (κ3) is 2.97. The van der Waals surface area contributed by atoms with Crippen molar-refractivity contribution in [2.75, 3.05) is 13.7 Å². The van der Waals surface area contributed by atoms with Crippen molar-refractivity contribution in [3.8, 4) is 0 Å². The molecule has 1 saturated heterocycles. The summed E-state index contributed by atoms with van der Waals surface area (Å²) >= 11 is 0.